The maximum absolute atomic E-state index is 13.0. The zero-order chi connectivity index (χ0) is 20.4. The quantitative estimate of drug-likeness (QED) is 0.800. The molecule has 2 N–H and O–H groups in total. The van der Waals surface area contributed by atoms with Crippen molar-refractivity contribution in [1.29, 1.82) is 0 Å². The molecule has 2 heterocycles. The number of carbonyl (C=O) groups is 2. The lowest BCUT2D eigenvalue weighted by Gasteiger charge is -2.48. The SMILES string of the molecule is Cc1ccc(C(=O)NC2C[C@H]3CCC[C@@H](C2)N3C(=O)Nc2ccccc2C)cc1. The highest BCUT2D eigenvalue weighted by Gasteiger charge is 2.41. The molecule has 2 bridgehead atoms. The van der Waals surface area contributed by atoms with Crippen LogP contribution in [0.1, 0.15) is 53.6 Å². The second-order valence-electron chi connectivity index (χ2n) is 8.40. The van der Waals surface area contributed by atoms with Crippen molar-refractivity contribution >= 4 is 17.6 Å². The zero-order valence-corrected chi connectivity index (χ0v) is 17.2. The first-order chi connectivity index (χ1) is 14.0. The molecule has 2 fully saturated rings. The number of hydrogen-bond donors (Lipinski definition) is 2. The fraction of sp³-hybridized carbons (Fsp3) is 0.417. The molecule has 2 aliphatic rings. The number of para-hydroxylation sites is 1. The van der Waals surface area contributed by atoms with Gasteiger partial charge in [0.25, 0.3) is 5.91 Å². The number of nitrogens with one attached hydrogen (secondary N) is 2. The van der Waals surface area contributed by atoms with Crippen LogP contribution in [-0.4, -0.2) is 35.0 Å². The molecule has 0 aromatic heterocycles. The minimum absolute atomic E-state index is 0.0164. The summed E-state index contributed by atoms with van der Waals surface area (Å²) in [4.78, 5) is 27.7. The Morgan fingerprint density at radius 3 is 2.24 bits per heavy atom. The lowest BCUT2D eigenvalue weighted by atomic mass is 9.82. The fourth-order valence-electron chi connectivity index (χ4n) is 4.70. The monoisotopic (exact) mass is 391 g/mol. The van der Waals surface area contributed by atoms with Gasteiger partial charge in [-0.1, -0.05) is 35.9 Å². The van der Waals surface area contributed by atoms with Gasteiger partial charge in [0.1, 0.15) is 0 Å². The van der Waals surface area contributed by atoms with Gasteiger partial charge in [-0.3, -0.25) is 4.79 Å². The van der Waals surface area contributed by atoms with Crippen LogP contribution in [0, 0.1) is 13.8 Å². The Balaban J connectivity index is 1.42. The van der Waals surface area contributed by atoms with Crippen molar-refractivity contribution in [2.75, 3.05) is 5.32 Å². The van der Waals surface area contributed by atoms with E-state index in [-0.39, 0.29) is 30.1 Å². The van der Waals surface area contributed by atoms with Crippen molar-refractivity contribution in [3.8, 4) is 0 Å². The van der Waals surface area contributed by atoms with Gasteiger partial charge >= 0.3 is 6.03 Å². The Morgan fingerprint density at radius 1 is 0.931 bits per heavy atom. The van der Waals surface area contributed by atoms with Gasteiger partial charge < -0.3 is 15.5 Å². The third-order valence-electron chi connectivity index (χ3n) is 6.24. The van der Waals surface area contributed by atoms with E-state index in [4.69, 9.17) is 0 Å². The van der Waals surface area contributed by atoms with Gasteiger partial charge in [-0.25, -0.2) is 4.79 Å². The Bertz CT molecular complexity index is 879. The second-order valence-corrected chi connectivity index (χ2v) is 8.40. The molecule has 5 nitrogen and oxygen atoms in total. The topological polar surface area (TPSA) is 61.4 Å². The first kappa shape index (κ1) is 19.5. The number of amides is 3. The summed E-state index contributed by atoms with van der Waals surface area (Å²) in [7, 11) is 0. The van der Waals surface area contributed by atoms with Crippen molar-refractivity contribution in [3.05, 3.63) is 65.2 Å². The average Bonchev–Trinajstić information content (AvgIpc) is 2.69. The largest absolute Gasteiger partial charge is 0.349 e. The van der Waals surface area contributed by atoms with Gasteiger partial charge in [0.05, 0.1) is 0 Å². The molecule has 4 rings (SSSR count). The molecule has 2 saturated heterocycles. The van der Waals surface area contributed by atoms with Crippen LogP contribution in [0.25, 0.3) is 0 Å². The Kier molecular flexibility index (Phi) is 5.56. The summed E-state index contributed by atoms with van der Waals surface area (Å²) in [5.74, 6) is -0.0223. The van der Waals surface area contributed by atoms with E-state index >= 15 is 0 Å². The van der Waals surface area contributed by atoms with E-state index in [1.165, 1.54) is 0 Å². The van der Waals surface area contributed by atoms with Gasteiger partial charge in [0.2, 0.25) is 0 Å². The van der Waals surface area contributed by atoms with Crippen LogP contribution in [0.5, 0.6) is 0 Å². The van der Waals surface area contributed by atoms with Crippen molar-refractivity contribution in [2.45, 2.75) is 64.1 Å². The molecular weight excluding hydrogens is 362 g/mol. The third kappa shape index (κ3) is 4.29. The number of urea groups is 1. The summed E-state index contributed by atoms with van der Waals surface area (Å²) >= 11 is 0. The van der Waals surface area contributed by atoms with E-state index < -0.39 is 0 Å². The van der Waals surface area contributed by atoms with Crippen LogP contribution >= 0.6 is 0 Å². The summed E-state index contributed by atoms with van der Waals surface area (Å²) in [6.45, 7) is 4.02. The van der Waals surface area contributed by atoms with E-state index in [9.17, 15) is 9.59 Å². The molecule has 0 saturated carbocycles. The predicted octanol–water partition coefficient (Wildman–Crippen LogP) is 4.65. The zero-order valence-electron chi connectivity index (χ0n) is 17.2. The van der Waals surface area contributed by atoms with Crippen molar-refractivity contribution < 1.29 is 9.59 Å². The number of rotatable bonds is 3. The second kappa shape index (κ2) is 8.27. The van der Waals surface area contributed by atoms with Gasteiger partial charge in [0.15, 0.2) is 0 Å². The smallest absolute Gasteiger partial charge is 0.322 e. The highest BCUT2D eigenvalue weighted by atomic mass is 16.2. The number of benzene rings is 2. The molecule has 3 amide bonds. The standard InChI is InChI=1S/C24H29N3O2/c1-16-10-12-18(13-11-16)23(28)25-19-14-20-7-5-8-21(15-19)27(20)24(29)26-22-9-4-3-6-17(22)2/h3-4,6,9-13,19-21H,5,7-8,14-15H2,1-2H3,(H,25,28)(H,26,29)/t19?,20-,21+. The molecule has 2 aromatic rings. The number of nitrogens with zero attached hydrogens (tertiary/aromatic N) is 1. The number of aryl methyl sites for hydroxylation is 2. The number of anilines is 1. The minimum Gasteiger partial charge on any atom is -0.349 e. The first-order valence-corrected chi connectivity index (χ1v) is 10.5. The third-order valence-corrected chi connectivity index (χ3v) is 6.24. The van der Waals surface area contributed by atoms with E-state index in [2.05, 4.69) is 10.6 Å². The highest BCUT2D eigenvalue weighted by molar-refractivity contribution is 5.94. The predicted molar refractivity (Wildman–Crippen MR) is 115 cm³/mol. The number of piperidine rings is 2. The molecule has 5 heteroatoms. The van der Waals surface area contributed by atoms with Gasteiger partial charge in [-0.15, -0.1) is 0 Å². The molecular formula is C24H29N3O2. The summed E-state index contributed by atoms with van der Waals surface area (Å²) in [6, 6.07) is 16.0. The molecule has 2 aromatic carbocycles. The van der Waals surface area contributed by atoms with Gasteiger partial charge in [0, 0.05) is 29.4 Å². The van der Waals surface area contributed by atoms with Crippen LogP contribution in [0.15, 0.2) is 48.5 Å². The van der Waals surface area contributed by atoms with E-state index in [0.29, 0.717) is 5.56 Å². The van der Waals surface area contributed by atoms with Crippen LogP contribution in [0.4, 0.5) is 10.5 Å². The van der Waals surface area contributed by atoms with Gasteiger partial charge in [-0.2, -0.15) is 0 Å². The Hall–Kier alpha value is -2.82. The van der Waals surface area contributed by atoms with Crippen LogP contribution < -0.4 is 10.6 Å². The molecule has 2 aliphatic heterocycles. The summed E-state index contributed by atoms with van der Waals surface area (Å²) in [6.07, 6.45) is 4.76. The normalized spacial score (nSPS) is 23.4. The van der Waals surface area contributed by atoms with Crippen molar-refractivity contribution in [3.63, 3.8) is 0 Å². The molecule has 0 radical (unpaired) electrons. The van der Waals surface area contributed by atoms with Gasteiger partial charge in [-0.05, 0) is 69.7 Å². The molecule has 1 unspecified atom stereocenters. The van der Waals surface area contributed by atoms with Crippen molar-refractivity contribution in [2.24, 2.45) is 0 Å². The van der Waals surface area contributed by atoms with Crippen LogP contribution in [0.3, 0.4) is 0 Å². The molecule has 152 valence electrons. The minimum atomic E-state index is -0.0223. The molecule has 29 heavy (non-hydrogen) atoms. The molecule has 0 aliphatic carbocycles. The average molecular weight is 392 g/mol. The Morgan fingerprint density at radius 2 is 1.59 bits per heavy atom. The summed E-state index contributed by atoms with van der Waals surface area (Å²) in [5.41, 5.74) is 3.76. The van der Waals surface area contributed by atoms with Crippen LogP contribution in [0.2, 0.25) is 0 Å². The summed E-state index contributed by atoms with van der Waals surface area (Å²) in [5, 5.41) is 6.30. The molecule has 0 spiro atoms. The number of carbonyl (C=O) groups excluding carboxylic acids is 2. The number of fused-ring (bicyclic) bond motifs is 2. The fourth-order valence-corrected chi connectivity index (χ4v) is 4.70. The highest BCUT2D eigenvalue weighted by Crippen LogP contribution is 2.35. The van der Waals surface area contributed by atoms with E-state index in [0.717, 1.165) is 48.9 Å². The Labute approximate surface area is 172 Å². The molecule has 3 atom stereocenters. The van der Waals surface area contributed by atoms with E-state index in [1.807, 2.05) is 67.3 Å². The van der Waals surface area contributed by atoms with Crippen molar-refractivity contribution in [1.82, 2.24) is 10.2 Å². The maximum Gasteiger partial charge on any atom is 0.322 e. The lowest BCUT2D eigenvalue weighted by molar-refractivity contribution is 0.0577. The van der Waals surface area contributed by atoms with Crippen LogP contribution in [-0.2, 0) is 0 Å². The van der Waals surface area contributed by atoms with E-state index in [1.54, 1.807) is 0 Å². The first-order valence-electron chi connectivity index (χ1n) is 10.5. The summed E-state index contributed by atoms with van der Waals surface area (Å²) < 4.78 is 0. The number of hydrogen-bond acceptors (Lipinski definition) is 2. The maximum atomic E-state index is 13.0. The lowest BCUT2D eigenvalue weighted by Crippen LogP contribution is -2.59.